The first-order chi connectivity index (χ1) is 6.88. The minimum atomic E-state index is -3.48. The van der Waals surface area contributed by atoms with Crippen molar-refractivity contribution in [2.45, 2.75) is 31.1 Å². The molecule has 1 aliphatic heterocycles. The van der Waals surface area contributed by atoms with Gasteiger partial charge < -0.3 is 5.11 Å². The Labute approximate surface area is 89.7 Å². The Kier molecular flexibility index (Phi) is 1.73. The van der Waals surface area contributed by atoms with E-state index in [1.54, 1.807) is 6.92 Å². The Morgan fingerprint density at radius 1 is 1.47 bits per heavy atom. The van der Waals surface area contributed by atoms with Gasteiger partial charge in [0.1, 0.15) is 4.75 Å². The third-order valence-corrected chi connectivity index (χ3v) is 6.78. The first-order valence-electron chi connectivity index (χ1n) is 5.45. The van der Waals surface area contributed by atoms with Crippen molar-refractivity contribution < 1.29 is 17.7 Å². The summed E-state index contributed by atoms with van der Waals surface area (Å²) in [6, 6.07) is 0. The van der Waals surface area contributed by atoms with Crippen LogP contribution in [-0.4, -0.2) is 31.0 Å². The lowest BCUT2D eigenvalue weighted by Crippen LogP contribution is -2.49. The average molecular weight is 232 g/mol. The van der Waals surface area contributed by atoms with Crippen LogP contribution >= 0.6 is 0 Å². The summed E-state index contributed by atoms with van der Waals surface area (Å²) in [7, 11) is -3.48. The highest BCUT2D eigenvalue weighted by molar-refractivity contribution is 7.88. The maximum Gasteiger partial charge on any atom is 0.273 e. The van der Waals surface area contributed by atoms with Crippen molar-refractivity contribution in [3.8, 4) is 0 Å². The summed E-state index contributed by atoms with van der Waals surface area (Å²) in [5.41, 5.74) is 0. The van der Waals surface area contributed by atoms with Gasteiger partial charge in [0.05, 0.1) is 12.7 Å². The van der Waals surface area contributed by atoms with Gasteiger partial charge in [-0.25, -0.2) is 0 Å². The predicted octanol–water partition coefficient (Wildman–Crippen LogP) is 0.368. The van der Waals surface area contributed by atoms with Crippen LogP contribution in [0.15, 0.2) is 0 Å². The highest BCUT2D eigenvalue weighted by Crippen LogP contribution is 2.66. The fraction of sp³-hybridized carbons (Fsp3) is 1.00. The van der Waals surface area contributed by atoms with E-state index in [0.29, 0.717) is 24.9 Å². The number of aliphatic hydroxyl groups excluding tert-OH is 1. The van der Waals surface area contributed by atoms with Crippen molar-refractivity contribution in [1.82, 2.24) is 0 Å². The quantitative estimate of drug-likeness (QED) is 0.613. The van der Waals surface area contributed by atoms with Gasteiger partial charge in [0, 0.05) is 0 Å². The summed E-state index contributed by atoms with van der Waals surface area (Å²) in [5.74, 6) is 1.13. The van der Waals surface area contributed by atoms with Crippen LogP contribution in [0.25, 0.3) is 0 Å². The monoisotopic (exact) mass is 232 g/mol. The molecule has 0 aromatic carbocycles. The molecule has 0 radical (unpaired) electrons. The largest absolute Gasteiger partial charge is 0.393 e. The molecule has 0 aromatic heterocycles. The Bertz CT molecular complexity index is 404. The van der Waals surface area contributed by atoms with Crippen LogP contribution in [0, 0.1) is 23.7 Å². The highest BCUT2D eigenvalue weighted by Gasteiger charge is 2.72. The fourth-order valence-corrected chi connectivity index (χ4v) is 5.40. The molecule has 4 nitrogen and oxygen atoms in total. The molecule has 3 fully saturated rings. The van der Waals surface area contributed by atoms with Crippen LogP contribution in [0.4, 0.5) is 0 Å². The van der Waals surface area contributed by atoms with E-state index in [9.17, 15) is 13.5 Å². The van der Waals surface area contributed by atoms with Gasteiger partial charge in [-0.05, 0) is 37.0 Å². The molecule has 2 aliphatic carbocycles. The molecule has 6 atom stereocenters. The van der Waals surface area contributed by atoms with Crippen LogP contribution < -0.4 is 0 Å². The number of fused-ring (bicyclic) bond motifs is 1. The highest BCUT2D eigenvalue weighted by atomic mass is 32.2. The second-order valence-electron chi connectivity index (χ2n) is 5.45. The van der Waals surface area contributed by atoms with Gasteiger partial charge in [0.15, 0.2) is 0 Å². The fourth-order valence-electron chi connectivity index (χ4n) is 3.76. The van der Waals surface area contributed by atoms with Gasteiger partial charge in [-0.2, -0.15) is 8.42 Å². The number of hydrogen-bond donors (Lipinski definition) is 1. The molecule has 15 heavy (non-hydrogen) atoms. The minimum Gasteiger partial charge on any atom is -0.393 e. The molecule has 1 saturated heterocycles. The van der Waals surface area contributed by atoms with Crippen molar-refractivity contribution in [2.75, 3.05) is 6.61 Å². The van der Waals surface area contributed by atoms with E-state index in [1.807, 2.05) is 6.92 Å². The van der Waals surface area contributed by atoms with Crippen LogP contribution in [0.2, 0.25) is 0 Å². The molecule has 3 aliphatic rings. The van der Waals surface area contributed by atoms with Gasteiger partial charge in [-0.1, -0.05) is 6.92 Å². The topological polar surface area (TPSA) is 63.6 Å². The Morgan fingerprint density at radius 3 is 2.80 bits per heavy atom. The molecule has 0 bridgehead atoms. The standard InChI is InChI=1S/C10H16O4S/c1-5-7(11)3-10(2)9-6(8(5)9)4-14-15(10,12)13/h5-9,11H,3-4H2,1-2H3. The van der Waals surface area contributed by atoms with Crippen LogP contribution in [0.5, 0.6) is 0 Å². The summed E-state index contributed by atoms with van der Waals surface area (Å²) in [4.78, 5) is 0. The van der Waals surface area contributed by atoms with Gasteiger partial charge in [-0.3, -0.25) is 4.18 Å². The zero-order chi connectivity index (χ0) is 11.0. The molecule has 0 spiro atoms. The van der Waals surface area contributed by atoms with Crippen molar-refractivity contribution in [3.05, 3.63) is 0 Å². The Balaban J connectivity index is 2.07. The molecule has 86 valence electrons. The van der Waals surface area contributed by atoms with E-state index in [4.69, 9.17) is 4.18 Å². The number of aliphatic hydroxyl groups is 1. The zero-order valence-corrected chi connectivity index (χ0v) is 9.70. The second kappa shape index (κ2) is 2.57. The van der Waals surface area contributed by atoms with Gasteiger partial charge in [0.25, 0.3) is 10.1 Å². The Hall–Kier alpha value is -0.130. The third kappa shape index (κ3) is 1.02. The maximum atomic E-state index is 11.9. The predicted molar refractivity (Wildman–Crippen MR) is 53.5 cm³/mol. The first kappa shape index (κ1) is 10.1. The van der Waals surface area contributed by atoms with Gasteiger partial charge in [-0.15, -0.1) is 0 Å². The van der Waals surface area contributed by atoms with E-state index in [0.717, 1.165) is 0 Å². The smallest absolute Gasteiger partial charge is 0.273 e. The molecule has 1 heterocycles. The summed E-state index contributed by atoms with van der Waals surface area (Å²) >= 11 is 0. The van der Waals surface area contributed by atoms with Crippen molar-refractivity contribution in [3.63, 3.8) is 0 Å². The van der Waals surface area contributed by atoms with Crippen molar-refractivity contribution >= 4 is 10.1 Å². The maximum absolute atomic E-state index is 11.9. The summed E-state index contributed by atoms with van der Waals surface area (Å²) < 4.78 is 27.9. The van der Waals surface area contributed by atoms with Gasteiger partial charge in [0.2, 0.25) is 0 Å². The number of rotatable bonds is 0. The van der Waals surface area contributed by atoms with E-state index in [-0.39, 0.29) is 11.8 Å². The third-order valence-electron chi connectivity index (χ3n) is 4.75. The van der Waals surface area contributed by atoms with Crippen LogP contribution in [0.3, 0.4) is 0 Å². The van der Waals surface area contributed by atoms with Crippen LogP contribution in [0.1, 0.15) is 20.3 Å². The van der Waals surface area contributed by atoms with E-state index >= 15 is 0 Å². The summed E-state index contributed by atoms with van der Waals surface area (Å²) in [5, 5.41) is 9.90. The molecule has 1 N–H and O–H groups in total. The molecule has 0 amide bonds. The average Bonchev–Trinajstić information content (AvgIpc) is 2.85. The van der Waals surface area contributed by atoms with Crippen molar-refractivity contribution in [2.24, 2.45) is 23.7 Å². The molecule has 3 rings (SSSR count). The first-order valence-corrected chi connectivity index (χ1v) is 6.86. The molecule has 6 unspecified atom stereocenters. The van der Waals surface area contributed by atoms with Gasteiger partial charge >= 0.3 is 0 Å². The van der Waals surface area contributed by atoms with E-state index in [2.05, 4.69) is 0 Å². The van der Waals surface area contributed by atoms with Crippen molar-refractivity contribution in [1.29, 1.82) is 0 Å². The lowest BCUT2D eigenvalue weighted by atomic mass is 9.81. The second-order valence-corrected chi connectivity index (χ2v) is 7.53. The molecular formula is C10H16O4S. The normalized spacial score (nSPS) is 60.9. The zero-order valence-electron chi connectivity index (χ0n) is 8.88. The minimum absolute atomic E-state index is 0.213. The molecule has 2 saturated carbocycles. The van der Waals surface area contributed by atoms with E-state index in [1.165, 1.54) is 0 Å². The molecule has 5 heteroatoms. The lowest BCUT2D eigenvalue weighted by molar-refractivity contribution is 0.0555. The lowest BCUT2D eigenvalue weighted by Gasteiger charge is -2.38. The summed E-state index contributed by atoms with van der Waals surface area (Å²) in [6.45, 7) is 4.07. The SMILES string of the molecule is CC1C(O)CC2(C)C3C(COS2(=O)=O)C13. The molecule has 0 aromatic rings. The summed E-state index contributed by atoms with van der Waals surface area (Å²) in [6.07, 6.45) is -0.175. The number of hydrogen-bond acceptors (Lipinski definition) is 4. The Morgan fingerprint density at radius 2 is 2.13 bits per heavy atom. The van der Waals surface area contributed by atoms with Crippen LogP contribution in [-0.2, 0) is 14.3 Å². The van der Waals surface area contributed by atoms with E-state index < -0.39 is 21.0 Å². The molecular weight excluding hydrogens is 216 g/mol.